The van der Waals surface area contributed by atoms with Crippen molar-refractivity contribution in [2.75, 3.05) is 5.32 Å². The Morgan fingerprint density at radius 3 is 2.66 bits per heavy atom. The maximum atomic E-state index is 13.0. The first-order valence-electron chi connectivity index (χ1n) is 8.64. The van der Waals surface area contributed by atoms with Gasteiger partial charge in [-0.3, -0.25) is 14.9 Å². The van der Waals surface area contributed by atoms with Gasteiger partial charge in [0.1, 0.15) is 16.5 Å². The van der Waals surface area contributed by atoms with Crippen LogP contribution in [0.25, 0.3) is 22.4 Å². The van der Waals surface area contributed by atoms with Crippen LogP contribution < -0.4 is 5.32 Å². The summed E-state index contributed by atoms with van der Waals surface area (Å²) in [5.41, 5.74) is 1.51. The molecule has 2 heterocycles. The lowest BCUT2D eigenvalue weighted by Crippen LogP contribution is -2.13. The van der Waals surface area contributed by atoms with E-state index in [2.05, 4.69) is 10.3 Å². The van der Waals surface area contributed by atoms with E-state index in [-0.39, 0.29) is 16.4 Å². The van der Waals surface area contributed by atoms with Crippen molar-refractivity contribution in [3.8, 4) is 11.5 Å². The monoisotopic (exact) mass is 407 g/mol. The van der Waals surface area contributed by atoms with Crippen LogP contribution in [-0.4, -0.2) is 15.8 Å². The molecule has 29 heavy (non-hydrogen) atoms. The number of anilines is 1. The van der Waals surface area contributed by atoms with Gasteiger partial charge in [-0.05, 0) is 43.3 Å². The summed E-state index contributed by atoms with van der Waals surface area (Å²) in [7, 11) is 0. The van der Waals surface area contributed by atoms with E-state index in [4.69, 9.17) is 16.0 Å². The topological polar surface area (TPSA) is 98.3 Å². The Hall–Kier alpha value is -3.71. The minimum absolute atomic E-state index is 0.00200. The average molecular weight is 408 g/mol. The molecule has 0 saturated heterocycles. The summed E-state index contributed by atoms with van der Waals surface area (Å²) in [6, 6.07) is 16.6. The van der Waals surface area contributed by atoms with E-state index >= 15 is 0 Å². The van der Waals surface area contributed by atoms with Crippen LogP contribution in [-0.2, 0) is 0 Å². The van der Waals surface area contributed by atoms with Crippen LogP contribution in [0.1, 0.15) is 16.1 Å². The second-order valence-electron chi connectivity index (χ2n) is 6.36. The fourth-order valence-electron chi connectivity index (χ4n) is 2.99. The number of benzene rings is 2. The highest BCUT2D eigenvalue weighted by Gasteiger charge is 2.18. The highest BCUT2D eigenvalue weighted by atomic mass is 35.5. The Bertz CT molecular complexity index is 1270. The number of para-hydroxylation sites is 1. The van der Waals surface area contributed by atoms with E-state index in [1.165, 1.54) is 18.2 Å². The largest absolute Gasteiger partial charge is 0.460 e. The summed E-state index contributed by atoms with van der Waals surface area (Å²) in [4.78, 5) is 28.1. The zero-order valence-corrected chi connectivity index (χ0v) is 15.9. The van der Waals surface area contributed by atoms with Gasteiger partial charge in [-0.15, -0.1) is 0 Å². The van der Waals surface area contributed by atoms with Gasteiger partial charge in [0.05, 0.1) is 16.0 Å². The summed E-state index contributed by atoms with van der Waals surface area (Å²) in [6.07, 6.45) is 0. The molecule has 2 aromatic heterocycles. The zero-order chi connectivity index (χ0) is 20.5. The number of nitrogens with zero attached hydrogens (tertiary/aromatic N) is 2. The van der Waals surface area contributed by atoms with Crippen molar-refractivity contribution < 1.29 is 14.1 Å². The normalized spacial score (nSPS) is 10.8. The van der Waals surface area contributed by atoms with Crippen LogP contribution in [0.2, 0.25) is 5.02 Å². The molecule has 0 radical (unpaired) electrons. The Morgan fingerprint density at radius 1 is 1.14 bits per heavy atom. The SMILES string of the molecule is Cc1ccc(-c2cc(C(=O)Nc3ccc(Cl)c([N+](=O)[O-])c3)c3ccccc3n2)o1. The molecule has 0 bridgehead atoms. The van der Waals surface area contributed by atoms with Crippen molar-refractivity contribution in [2.45, 2.75) is 6.92 Å². The first kappa shape index (κ1) is 18.6. The second-order valence-corrected chi connectivity index (χ2v) is 6.77. The number of carbonyl (C=O) groups excluding carboxylic acids is 1. The van der Waals surface area contributed by atoms with E-state index < -0.39 is 10.8 Å². The molecule has 1 amide bonds. The number of carbonyl (C=O) groups is 1. The first-order chi connectivity index (χ1) is 13.9. The van der Waals surface area contributed by atoms with Crippen molar-refractivity contribution in [1.29, 1.82) is 0 Å². The first-order valence-corrected chi connectivity index (χ1v) is 9.02. The third-order valence-electron chi connectivity index (χ3n) is 4.35. The average Bonchev–Trinajstić information content (AvgIpc) is 3.14. The van der Waals surface area contributed by atoms with E-state index in [0.29, 0.717) is 27.9 Å². The van der Waals surface area contributed by atoms with Crippen molar-refractivity contribution in [1.82, 2.24) is 4.98 Å². The molecule has 0 unspecified atom stereocenters. The lowest BCUT2D eigenvalue weighted by Gasteiger charge is -2.10. The van der Waals surface area contributed by atoms with Crippen LogP contribution in [0.4, 0.5) is 11.4 Å². The molecular weight excluding hydrogens is 394 g/mol. The number of hydrogen-bond donors (Lipinski definition) is 1. The van der Waals surface area contributed by atoms with Crippen molar-refractivity contribution in [3.05, 3.63) is 87.1 Å². The van der Waals surface area contributed by atoms with Crippen LogP contribution >= 0.6 is 11.6 Å². The van der Waals surface area contributed by atoms with Crippen molar-refractivity contribution >= 4 is 39.8 Å². The third kappa shape index (κ3) is 3.68. The van der Waals surface area contributed by atoms with Crippen LogP contribution in [0.3, 0.4) is 0 Å². The summed E-state index contributed by atoms with van der Waals surface area (Å²) >= 11 is 5.84. The van der Waals surface area contributed by atoms with Gasteiger partial charge in [-0.25, -0.2) is 4.98 Å². The molecular formula is C21H14ClN3O4. The minimum Gasteiger partial charge on any atom is -0.460 e. The van der Waals surface area contributed by atoms with Gasteiger partial charge in [0, 0.05) is 17.1 Å². The number of aromatic nitrogens is 1. The highest BCUT2D eigenvalue weighted by Crippen LogP contribution is 2.29. The number of pyridine rings is 1. The number of nitrogens with one attached hydrogen (secondary N) is 1. The number of fused-ring (bicyclic) bond motifs is 1. The molecule has 144 valence electrons. The van der Waals surface area contributed by atoms with E-state index in [9.17, 15) is 14.9 Å². The van der Waals surface area contributed by atoms with Crippen molar-refractivity contribution in [2.24, 2.45) is 0 Å². The quantitative estimate of drug-likeness (QED) is 0.350. The smallest absolute Gasteiger partial charge is 0.289 e. The number of nitro groups is 1. The van der Waals surface area contributed by atoms with Gasteiger partial charge in [0.15, 0.2) is 5.76 Å². The second kappa shape index (κ2) is 7.37. The van der Waals surface area contributed by atoms with Gasteiger partial charge < -0.3 is 9.73 Å². The number of aryl methyl sites for hydroxylation is 1. The molecule has 0 aliphatic heterocycles. The lowest BCUT2D eigenvalue weighted by atomic mass is 10.1. The molecule has 0 aliphatic rings. The van der Waals surface area contributed by atoms with Crippen LogP contribution in [0, 0.1) is 17.0 Å². The standard InChI is InChI=1S/C21H14ClN3O4/c1-12-6-9-20(29-12)18-11-15(14-4-2-3-5-17(14)24-18)21(26)23-13-7-8-16(22)19(10-13)25(27)28/h2-11H,1H3,(H,23,26). The van der Waals surface area contributed by atoms with Gasteiger partial charge in [-0.1, -0.05) is 29.8 Å². The number of hydrogen-bond acceptors (Lipinski definition) is 5. The zero-order valence-electron chi connectivity index (χ0n) is 15.2. The highest BCUT2D eigenvalue weighted by molar-refractivity contribution is 6.32. The minimum atomic E-state index is -0.600. The predicted molar refractivity (Wildman–Crippen MR) is 110 cm³/mol. The molecule has 7 nitrogen and oxygen atoms in total. The molecule has 0 fully saturated rings. The predicted octanol–water partition coefficient (Wildman–Crippen LogP) is 5.62. The number of amides is 1. The maximum absolute atomic E-state index is 13.0. The van der Waals surface area contributed by atoms with Crippen molar-refractivity contribution in [3.63, 3.8) is 0 Å². The fourth-order valence-corrected chi connectivity index (χ4v) is 3.18. The van der Waals surface area contributed by atoms with Gasteiger partial charge in [-0.2, -0.15) is 0 Å². The molecule has 0 atom stereocenters. The molecule has 4 aromatic rings. The summed E-state index contributed by atoms with van der Waals surface area (Å²) in [5, 5.41) is 14.4. The van der Waals surface area contributed by atoms with Crippen LogP contribution in [0.15, 0.2) is 65.1 Å². The number of rotatable bonds is 4. The van der Waals surface area contributed by atoms with E-state index in [0.717, 1.165) is 5.76 Å². The molecule has 0 aliphatic carbocycles. The summed E-state index contributed by atoms with van der Waals surface area (Å²) in [5.74, 6) is 0.851. The summed E-state index contributed by atoms with van der Waals surface area (Å²) < 4.78 is 5.64. The Balaban J connectivity index is 1.77. The summed E-state index contributed by atoms with van der Waals surface area (Å²) in [6.45, 7) is 1.83. The Kier molecular flexibility index (Phi) is 4.74. The maximum Gasteiger partial charge on any atom is 0.289 e. The fraction of sp³-hybridized carbons (Fsp3) is 0.0476. The lowest BCUT2D eigenvalue weighted by molar-refractivity contribution is -0.384. The van der Waals surface area contributed by atoms with Gasteiger partial charge in [0.25, 0.3) is 11.6 Å². The molecule has 2 aromatic carbocycles. The Morgan fingerprint density at radius 2 is 1.93 bits per heavy atom. The van der Waals surface area contributed by atoms with Gasteiger partial charge >= 0.3 is 0 Å². The molecule has 8 heteroatoms. The third-order valence-corrected chi connectivity index (χ3v) is 4.67. The molecule has 4 rings (SSSR count). The van der Waals surface area contributed by atoms with Crippen LogP contribution in [0.5, 0.6) is 0 Å². The van der Waals surface area contributed by atoms with E-state index in [1.807, 2.05) is 25.1 Å². The number of halogens is 1. The molecule has 0 saturated carbocycles. The van der Waals surface area contributed by atoms with E-state index in [1.54, 1.807) is 24.3 Å². The van der Waals surface area contributed by atoms with Gasteiger partial charge in [0.2, 0.25) is 0 Å². The number of nitro benzene ring substituents is 1. The molecule has 0 spiro atoms. The molecule has 1 N–H and O–H groups in total. The Labute approximate surface area is 170 Å². The number of furan rings is 1.